The fourth-order valence-electron chi connectivity index (χ4n) is 3.31. The summed E-state index contributed by atoms with van der Waals surface area (Å²) >= 11 is 5.10. The number of carbonyl (C=O) groups excluding carboxylic acids is 2. The molecule has 1 aliphatic rings. The summed E-state index contributed by atoms with van der Waals surface area (Å²) in [5.74, 6) is -1.66. The van der Waals surface area contributed by atoms with Crippen LogP contribution in [0.2, 0.25) is 0 Å². The van der Waals surface area contributed by atoms with Crippen LogP contribution in [0.4, 0.5) is 14.5 Å². The molecule has 0 bridgehead atoms. The van der Waals surface area contributed by atoms with Crippen molar-refractivity contribution in [1.29, 1.82) is 0 Å². The van der Waals surface area contributed by atoms with E-state index >= 15 is 0 Å². The van der Waals surface area contributed by atoms with Crippen molar-refractivity contribution in [3.8, 4) is 11.5 Å². The van der Waals surface area contributed by atoms with Crippen LogP contribution in [0, 0.1) is 11.6 Å². The van der Waals surface area contributed by atoms with E-state index in [1.54, 1.807) is 36.4 Å². The first-order chi connectivity index (χ1) is 16.4. The number of ether oxygens (including phenoxy) is 2. The summed E-state index contributed by atoms with van der Waals surface area (Å²) in [5.41, 5.74) is 0.957. The monoisotopic (exact) mass is 480 g/mol. The van der Waals surface area contributed by atoms with Crippen molar-refractivity contribution in [3.63, 3.8) is 0 Å². The summed E-state index contributed by atoms with van der Waals surface area (Å²) in [6, 6.07) is 16.4. The van der Waals surface area contributed by atoms with Gasteiger partial charge in [0.15, 0.2) is 16.6 Å². The molecule has 6 nitrogen and oxygen atoms in total. The number of amides is 2. The van der Waals surface area contributed by atoms with Gasteiger partial charge in [-0.05, 0) is 65.8 Å². The minimum absolute atomic E-state index is 0.0643. The van der Waals surface area contributed by atoms with E-state index in [0.29, 0.717) is 17.1 Å². The van der Waals surface area contributed by atoms with Gasteiger partial charge in [0.1, 0.15) is 23.8 Å². The zero-order valence-corrected chi connectivity index (χ0v) is 18.7. The predicted octanol–water partition coefficient (Wildman–Crippen LogP) is 4.38. The number of nitrogens with zero attached hydrogens (tertiary/aromatic N) is 1. The van der Waals surface area contributed by atoms with Crippen LogP contribution < -0.4 is 19.7 Å². The fourth-order valence-corrected chi connectivity index (χ4v) is 3.58. The van der Waals surface area contributed by atoms with Crippen molar-refractivity contribution < 1.29 is 27.8 Å². The Kier molecular flexibility index (Phi) is 6.65. The second kappa shape index (κ2) is 9.80. The van der Waals surface area contributed by atoms with Gasteiger partial charge in [-0.15, -0.1) is 0 Å². The highest BCUT2D eigenvalue weighted by molar-refractivity contribution is 7.80. The summed E-state index contributed by atoms with van der Waals surface area (Å²) in [5, 5.41) is 2.21. The molecule has 2 amide bonds. The van der Waals surface area contributed by atoms with Crippen LogP contribution >= 0.6 is 12.2 Å². The lowest BCUT2D eigenvalue weighted by Crippen LogP contribution is -2.54. The number of halogens is 2. The van der Waals surface area contributed by atoms with Gasteiger partial charge in [0, 0.05) is 0 Å². The number of benzene rings is 3. The van der Waals surface area contributed by atoms with Crippen LogP contribution in [0.3, 0.4) is 0 Å². The Bertz CT molecular complexity index is 1310. The van der Waals surface area contributed by atoms with Crippen molar-refractivity contribution in [2.45, 2.75) is 6.61 Å². The Labute approximate surface area is 199 Å². The summed E-state index contributed by atoms with van der Waals surface area (Å²) in [6.07, 6.45) is 1.36. The number of carbonyl (C=O) groups is 2. The molecule has 0 aliphatic carbocycles. The molecule has 1 fully saturated rings. The van der Waals surface area contributed by atoms with E-state index in [2.05, 4.69) is 5.32 Å². The molecule has 34 heavy (non-hydrogen) atoms. The van der Waals surface area contributed by atoms with E-state index < -0.39 is 17.6 Å². The van der Waals surface area contributed by atoms with Crippen molar-refractivity contribution >= 4 is 40.9 Å². The third-order valence-corrected chi connectivity index (χ3v) is 5.29. The summed E-state index contributed by atoms with van der Waals surface area (Å²) in [6.45, 7) is 0.188. The number of hydrogen-bond acceptors (Lipinski definition) is 5. The minimum Gasteiger partial charge on any atom is -0.493 e. The zero-order valence-electron chi connectivity index (χ0n) is 17.9. The molecule has 1 heterocycles. The minimum atomic E-state index is -0.755. The second-order valence-electron chi connectivity index (χ2n) is 7.23. The molecule has 1 aliphatic heterocycles. The third kappa shape index (κ3) is 4.79. The number of hydrogen-bond donors (Lipinski definition) is 1. The zero-order chi connectivity index (χ0) is 24.2. The van der Waals surface area contributed by atoms with E-state index in [4.69, 9.17) is 21.7 Å². The molecule has 0 saturated carbocycles. The topological polar surface area (TPSA) is 67.9 Å². The highest BCUT2D eigenvalue weighted by Crippen LogP contribution is 2.31. The van der Waals surface area contributed by atoms with Gasteiger partial charge in [0.2, 0.25) is 0 Å². The number of methoxy groups -OCH3 is 1. The standard InChI is InChI=1S/C25H18F2N2O4S/c1-32-22-13-16(8-11-21(22)33-14-15-6-9-17(26)10-7-15)12-18-23(30)28-25(34)29(24(18)31)20-5-3-2-4-19(20)27/h2-13H,14H2,1H3,(H,28,30,34)/b18-12+. The van der Waals surface area contributed by atoms with E-state index in [1.807, 2.05) is 0 Å². The van der Waals surface area contributed by atoms with E-state index in [-0.39, 0.29) is 28.8 Å². The number of anilines is 1. The molecule has 9 heteroatoms. The molecule has 4 rings (SSSR count). The maximum Gasteiger partial charge on any atom is 0.270 e. The van der Waals surface area contributed by atoms with E-state index in [0.717, 1.165) is 10.5 Å². The summed E-state index contributed by atoms with van der Waals surface area (Å²) < 4.78 is 38.5. The second-order valence-corrected chi connectivity index (χ2v) is 7.62. The van der Waals surface area contributed by atoms with Gasteiger partial charge in [-0.1, -0.05) is 30.3 Å². The lowest BCUT2D eigenvalue weighted by atomic mass is 10.1. The lowest BCUT2D eigenvalue weighted by Gasteiger charge is -2.29. The average Bonchev–Trinajstić information content (AvgIpc) is 2.83. The van der Waals surface area contributed by atoms with Crippen LogP contribution in [0.25, 0.3) is 6.08 Å². The van der Waals surface area contributed by atoms with Crippen LogP contribution in [0.15, 0.2) is 72.3 Å². The Balaban J connectivity index is 1.60. The number of para-hydroxylation sites is 1. The van der Waals surface area contributed by atoms with Gasteiger partial charge in [0.25, 0.3) is 11.8 Å². The fraction of sp³-hybridized carbons (Fsp3) is 0.0800. The Morgan fingerprint density at radius 3 is 2.44 bits per heavy atom. The van der Waals surface area contributed by atoms with Crippen molar-refractivity contribution in [2.24, 2.45) is 0 Å². The first-order valence-corrected chi connectivity index (χ1v) is 10.5. The molecule has 0 radical (unpaired) electrons. The summed E-state index contributed by atoms with van der Waals surface area (Å²) in [7, 11) is 1.45. The van der Waals surface area contributed by atoms with Crippen molar-refractivity contribution in [1.82, 2.24) is 5.32 Å². The highest BCUT2D eigenvalue weighted by atomic mass is 32.1. The molecule has 0 spiro atoms. The average molecular weight is 480 g/mol. The van der Waals surface area contributed by atoms with Crippen molar-refractivity contribution in [2.75, 3.05) is 12.0 Å². The maximum atomic E-state index is 14.3. The molecular weight excluding hydrogens is 462 g/mol. The van der Waals surface area contributed by atoms with Gasteiger partial charge in [-0.3, -0.25) is 14.9 Å². The predicted molar refractivity (Wildman–Crippen MR) is 126 cm³/mol. The molecule has 0 unspecified atom stereocenters. The number of nitrogens with one attached hydrogen (secondary N) is 1. The van der Waals surface area contributed by atoms with Crippen molar-refractivity contribution in [3.05, 3.63) is 95.1 Å². The Morgan fingerprint density at radius 1 is 1.00 bits per heavy atom. The number of rotatable bonds is 6. The first kappa shape index (κ1) is 23.1. The van der Waals surface area contributed by atoms with Gasteiger partial charge in [0.05, 0.1) is 12.8 Å². The van der Waals surface area contributed by atoms with Crippen LogP contribution in [0.5, 0.6) is 11.5 Å². The van der Waals surface area contributed by atoms with Gasteiger partial charge in [-0.25, -0.2) is 13.7 Å². The summed E-state index contributed by atoms with van der Waals surface area (Å²) in [4.78, 5) is 26.5. The van der Waals surface area contributed by atoms with Gasteiger partial charge in [-0.2, -0.15) is 0 Å². The molecule has 172 valence electrons. The Hall–Kier alpha value is -4.11. The largest absolute Gasteiger partial charge is 0.493 e. The van der Waals surface area contributed by atoms with E-state index in [1.165, 1.54) is 43.5 Å². The Morgan fingerprint density at radius 2 is 1.74 bits per heavy atom. The smallest absolute Gasteiger partial charge is 0.270 e. The molecule has 1 saturated heterocycles. The molecule has 3 aromatic rings. The maximum absolute atomic E-state index is 14.3. The molecule has 0 atom stereocenters. The number of thiocarbonyl (C=S) groups is 1. The lowest BCUT2D eigenvalue weighted by molar-refractivity contribution is -0.122. The van der Waals surface area contributed by atoms with Crippen LogP contribution in [-0.2, 0) is 16.2 Å². The normalized spacial score (nSPS) is 14.9. The van der Waals surface area contributed by atoms with Gasteiger partial charge >= 0.3 is 0 Å². The SMILES string of the molecule is COc1cc(/C=C2\C(=O)NC(=S)N(c3ccccc3F)C2=O)ccc1OCc1ccc(F)cc1. The first-order valence-electron chi connectivity index (χ1n) is 10.1. The third-order valence-electron chi connectivity index (χ3n) is 5.00. The molecule has 1 N–H and O–H groups in total. The quantitative estimate of drug-likeness (QED) is 0.322. The highest BCUT2D eigenvalue weighted by Gasteiger charge is 2.35. The van der Waals surface area contributed by atoms with Crippen LogP contribution in [0.1, 0.15) is 11.1 Å². The van der Waals surface area contributed by atoms with E-state index in [9.17, 15) is 18.4 Å². The molecule has 3 aromatic carbocycles. The van der Waals surface area contributed by atoms with Crippen LogP contribution in [-0.4, -0.2) is 24.0 Å². The van der Waals surface area contributed by atoms with Gasteiger partial charge < -0.3 is 9.47 Å². The molecular formula is C25H18F2N2O4S. The molecule has 0 aromatic heterocycles.